The van der Waals surface area contributed by atoms with Crippen LogP contribution in [-0.4, -0.2) is 6.04 Å². The summed E-state index contributed by atoms with van der Waals surface area (Å²) >= 11 is 3.76. The molecule has 2 aliphatic rings. The van der Waals surface area contributed by atoms with Crippen molar-refractivity contribution in [1.29, 1.82) is 0 Å². The Morgan fingerprint density at radius 3 is 2.71 bits per heavy atom. The van der Waals surface area contributed by atoms with Gasteiger partial charge in [-0.15, -0.1) is 0 Å². The molecule has 0 heterocycles. The minimum atomic E-state index is 0.270. The molecule has 1 saturated carbocycles. The molecule has 1 spiro atoms. The average Bonchev–Trinajstić information content (AvgIpc) is 2.35. The second-order valence-electron chi connectivity index (χ2n) is 5.64. The predicted octanol–water partition coefficient (Wildman–Crippen LogP) is 3.92. The third-order valence-electron chi connectivity index (χ3n) is 4.78. The molecule has 0 bridgehead atoms. The van der Waals surface area contributed by atoms with E-state index in [-0.39, 0.29) is 5.41 Å². The fourth-order valence-corrected chi connectivity index (χ4v) is 4.71. The lowest BCUT2D eigenvalue weighted by atomic mass is 9.60. The summed E-state index contributed by atoms with van der Waals surface area (Å²) in [4.78, 5) is 0. The molecular formula is C15H20BrN. The van der Waals surface area contributed by atoms with Gasteiger partial charge in [0, 0.05) is 15.9 Å². The maximum absolute atomic E-state index is 6.51. The van der Waals surface area contributed by atoms with Crippen LogP contribution in [0.1, 0.15) is 49.7 Å². The molecule has 92 valence electrons. The van der Waals surface area contributed by atoms with Crippen molar-refractivity contribution in [3.8, 4) is 0 Å². The summed E-state index contributed by atoms with van der Waals surface area (Å²) in [7, 11) is 0. The Hall–Kier alpha value is -0.340. The van der Waals surface area contributed by atoms with Crippen molar-refractivity contribution in [3.05, 3.63) is 33.8 Å². The number of aryl methyl sites for hydroxylation is 1. The molecule has 17 heavy (non-hydrogen) atoms. The number of hydrogen-bond acceptors (Lipinski definition) is 1. The lowest BCUT2D eigenvalue weighted by Gasteiger charge is -2.47. The first-order chi connectivity index (χ1) is 8.24. The molecule has 3 rings (SSSR count). The molecule has 1 unspecified atom stereocenters. The third kappa shape index (κ3) is 1.77. The standard InChI is InChI=1S/C15H20BrN/c16-12-6-4-5-11-7-8-13(17)15(14(11)12)9-2-1-3-10-15/h4-6,13H,1-3,7-10,17H2. The molecule has 1 aromatic rings. The molecule has 2 N–H and O–H groups in total. The lowest BCUT2D eigenvalue weighted by molar-refractivity contribution is 0.220. The minimum Gasteiger partial charge on any atom is -0.327 e. The van der Waals surface area contributed by atoms with Crippen LogP contribution in [0.2, 0.25) is 0 Å². The molecule has 1 fully saturated rings. The van der Waals surface area contributed by atoms with E-state index in [0.29, 0.717) is 6.04 Å². The summed E-state index contributed by atoms with van der Waals surface area (Å²) in [5.74, 6) is 0. The topological polar surface area (TPSA) is 26.0 Å². The van der Waals surface area contributed by atoms with Crippen LogP contribution in [0.4, 0.5) is 0 Å². The normalized spacial score (nSPS) is 26.8. The van der Waals surface area contributed by atoms with Gasteiger partial charge >= 0.3 is 0 Å². The fraction of sp³-hybridized carbons (Fsp3) is 0.600. The zero-order valence-electron chi connectivity index (χ0n) is 10.2. The Bertz CT molecular complexity index is 421. The Morgan fingerprint density at radius 2 is 1.94 bits per heavy atom. The molecular weight excluding hydrogens is 274 g/mol. The molecule has 2 aliphatic carbocycles. The first-order valence-corrected chi connectivity index (χ1v) is 7.57. The molecule has 0 saturated heterocycles. The Morgan fingerprint density at radius 1 is 1.18 bits per heavy atom. The Balaban J connectivity index is 2.15. The van der Waals surface area contributed by atoms with Gasteiger partial charge in [0.25, 0.3) is 0 Å². The molecule has 0 radical (unpaired) electrons. The highest BCUT2D eigenvalue weighted by Crippen LogP contribution is 2.49. The molecule has 0 aliphatic heterocycles. The zero-order chi connectivity index (χ0) is 11.9. The monoisotopic (exact) mass is 293 g/mol. The van der Waals surface area contributed by atoms with E-state index in [1.54, 1.807) is 5.56 Å². The number of nitrogens with two attached hydrogens (primary N) is 1. The molecule has 0 amide bonds. The van der Waals surface area contributed by atoms with Gasteiger partial charge in [0.1, 0.15) is 0 Å². The van der Waals surface area contributed by atoms with E-state index >= 15 is 0 Å². The third-order valence-corrected chi connectivity index (χ3v) is 5.44. The minimum absolute atomic E-state index is 0.270. The van der Waals surface area contributed by atoms with Crippen LogP contribution in [0, 0.1) is 0 Å². The van der Waals surface area contributed by atoms with E-state index in [1.807, 2.05) is 0 Å². The highest BCUT2D eigenvalue weighted by Gasteiger charge is 2.44. The molecule has 1 atom stereocenters. The van der Waals surface area contributed by atoms with Crippen LogP contribution in [0.5, 0.6) is 0 Å². The van der Waals surface area contributed by atoms with Gasteiger partial charge in [-0.1, -0.05) is 47.3 Å². The quantitative estimate of drug-likeness (QED) is 0.771. The largest absolute Gasteiger partial charge is 0.327 e. The van der Waals surface area contributed by atoms with Crippen molar-refractivity contribution in [2.24, 2.45) is 5.73 Å². The van der Waals surface area contributed by atoms with Crippen molar-refractivity contribution >= 4 is 15.9 Å². The fourth-order valence-electron chi connectivity index (χ4n) is 3.91. The van der Waals surface area contributed by atoms with Crippen molar-refractivity contribution in [2.75, 3.05) is 0 Å². The molecule has 2 heteroatoms. The van der Waals surface area contributed by atoms with Crippen molar-refractivity contribution in [1.82, 2.24) is 0 Å². The van der Waals surface area contributed by atoms with Gasteiger partial charge in [-0.25, -0.2) is 0 Å². The van der Waals surface area contributed by atoms with E-state index in [0.717, 1.165) is 12.8 Å². The summed E-state index contributed by atoms with van der Waals surface area (Å²) < 4.78 is 1.28. The van der Waals surface area contributed by atoms with Gasteiger partial charge in [0.15, 0.2) is 0 Å². The number of benzene rings is 1. The first-order valence-electron chi connectivity index (χ1n) is 6.77. The van der Waals surface area contributed by atoms with Crippen LogP contribution in [0.15, 0.2) is 22.7 Å². The maximum Gasteiger partial charge on any atom is 0.0216 e. The number of hydrogen-bond donors (Lipinski definition) is 1. The number of halogens is 1. The number of fused-ring (bicyclic) bond motifs is 2. The average molecular weight is 294 g/mol. The van der Waals surface area contributed by atoms with Crippen molar-refractivity contribution < 1.29 is 0 Å². The molecule has 0 aromatic heterocycles. The first kappa shape index (κ1) is 11.7. The summed E-state index contributed by atoms with van der Waals surface area (Å²) in [5.41, 5.74) is 9.85. The smallest absolute Gasteiger partial charge is 0.0216 e. The van der Waals surface area contributed by atoms with Gasteiger partial charge < -0.3 is 5.73 Å². The van der Waals surface area contributed by atoms with E-state index < -0.39 is 0 Å². The van der Waals surface area contributed by atoms with Crippen molar-refractivity contribution in [2.45, 2.75) is 56.4 Å². The molecule has 1 aromatic carbocycles. The predicted molar refractivity (Wildman–Crippen MR) is 75.2 cm³/mol. The summed E-state index contributed by atoms with van der Waals surface area (Å²) in [6.07, 6.45) is 8.94. The van der Waals surface area contributed by atoms with Crippen LogP contribution in [0.3, 0.4) is 0 Å². The molecule has 1 nitrogen and oxygen atoms in total. The lowest BCUT2D eigenvalue weighted by Crippen LogP contribution is -2.50. The van der Waals surface area contributed by atoms with Crippen LogP contribution >= 0.6 is 15.9 Å². The SMILES string of the molecule is NC1CCc2cccc(Br)c2C12CCCCC2. The van der Waals surface area contributed by atoms with Gasteiger partial charge in [0.05, 0.1) is 0 Å². The summed E-state index contributed by atoms with van der Waals surface area (Å²) in [5, 5.41) is 0. The summed E-state index contributed by atoms with van der Waals surface area (Å²) in [6, 6.07) is 7.00. The van der Waals surface area contributed by atoms with Gasteiger partial charge in [0.2, 0.25) is 0 Å². The zero-order valence-corrected chi connectivity index (χ0v) is 11.8. The van der Waals surface area contributed by atoms with Gasteiger partial charge in [-0.05, 0) is 42.9 Å². The van der Waals surface area contributed by atoms with E-state index in [9.17, 15) is 0 Å². The highest BCUT2D eigenvalue weighted by atomic mass is 79.9. The summed E-state index contributed by atoms with van der Waals surface area (Å²) in [6.45, 7) is 0. The maximum atomic E-state index is 6.51. The Kier molecular flexibility index (Phi) is 3.04. The second kappa shape index (κ2) is 4.40. The highest BCUT2D eigenvalue weighted by molar-refractivity contribution is 9.10. The van der Waals surface area contributed by atoms with Gasteiger partial charge in [-0.2, -0.15) is 0 Å². The van der Waals surface area contributed by atoms with Crippen LogP contribution < -0.4 is 5.73 Å². The second-order valence-corrected chi connectivity index (χ2v) is 6.49. The van der Waals surface area contributed by atoms with E-state index in [4.69, 9.17) is 5.73 Å². The van der Waals surface area contributed by atoms with Crippen LogP contribution in [0.25, 0.3) is 0 Å². The van der Waals surface area contributed by atoms with Gasteiger partial charge in [-0.3, -0.25) is 0 Å². The van der Waals surface area contributed by atoms with E-state index in [1.165, 1.54) is 42.1 Å². The van der Waals surface area contributed by atoms with Crippen LogP contribution in [-0.2, 0) is 11.8 Å². The number of rotatable bonds is 0. The van der Waals surface area contributed by atoms with E-state index in [2.05, 4.69) is 34.1 Å². The van der Waals surface area contributed by atoms with Crippen molar-refractivity contribution in [3.63, 3.8) is 0 Å². The Labute approximate surface area is 112 Å².